The number of phenols is 2. The summed E-state index contributed by atoms with van der Waals surface area (Å²) in [5.41, 5.74) is -0.329. The Morgan fingerprint density at radius 1 is 1.23 bits per heavy atom. The number of carboxylic acid groups (broad SMARTS) is 1. The first-order valence-corrected chi connectivity index (χ1v) is 2.98. The number of carboxylic acids is 1. The fourth-order valence-corrected chi connectivity index (χ4v) is 0.722. The van der Waals surface area contributed by atoms with Crippen molar-refractivity contribution in [2.45, 2.75) is 0 Å². The molecule has 0 bridgehead atoms. The first-order valence-electron chi connectivity index (χ1n) is 2.98. The first kappa shape index (κ1) is 11.8. The van der Waals surface area contributed by atoms with Crippen molar-refractivity contribution >= 4 is 5.97 Å². The van der Waals surface area contributed by atoms with Gasteiger partial charge in [-0.3, -0.25) is 0 Å². The molecule has 0 unspecified atom stereocenters. The Labute approximate surface area is 88.8 Å². The largest absolute Gasteiger partial charge is 1.00 e. The molecule has 0 radical (unpaired) electrons. The molecule has 0 saturated heterocycles. The monoisotopic (exact) mass is 276 g/mol. The van der Waals surface area contributed by atoms with E-state index >= 15 is 0 Å². The van der Waals surface area contributed by atoms with Gasteiger partial charge in [-0.25, -0.2) is 4.79 Å². The fraction of sp³-hybridized carbons (Fsp3) is 0. The van der Waals surface area contributed by atoms with Crippen molar-refractivity contribution in [3.63, 3.8) is 0 Å². The zero-order valence-electron chi connectivity index (χ0n) is 6.11. The van der Waals surface area contributed by atoms with Gasteiger partial charge in [-0.2, -0.15) is 0 Å². The summed E-state index contributed by atoms with van der Waals surface area (Å²) < 4.78 is 0. The van der Waals surface area contributed by atoms with Crippen LogP contribution in [0.5, 0.6) is 17.2 Å². The van der Waals surface area contributed by atoms with Gasteiger partial charge in [-0.05, 0) is 17.9 Å². The van der Waals surface area contributed by atoms with E-state index in [1.54, 1.807) is 0 Å². The molecule has 0 heterocycles. The Bertz CT molecular complexity index is 313. The minimum absolute atomic E-state index is 0. The number of carbonyl (C=O) groups is 1. The van der Waals surface area contributed by atoms with Gasteiger partial charge in [0.25, 0.3) is 0 Å². The molecule has 1 aromatic carbocycles. The second-order valence-corrected chi connectivity index (χ2v) is 2.15. The average molecular weight is 277 g/mol. The summed E-state index contributed by atoms with van der Waals surface area (Å²) in [5, 5.41) is 36.6. The molecule has 0 fully saturated rings. The van der Waals surface area contributed by atoms with Crippen molar-refractivity contribution in [3.05, 3.63) is 17.7 Å². The maximum absolute atomic E-state index is 10.7. The van der Waals surface area contributed by atoms with Crippen molar-refractivity contribution in [3.8, 4) is 17.2 Å². The molecule has 0 aromatic heterocycles. The van der Waals surface area contributed by atoms with Crippen molar-refractivity contribution < 1.29 is 47.6 Å². The minimum atomic E-state index is -1.32. The van der Waals surface area contributed by atoms with Crippen LogP contribution in [0.2, 0.25) is 0 Å². The molecule has 1 rings (SSSR count). The SMILES string of the molecule is O=C(O)c1cc(O)c([O-])c(O)c1.[Ag+]. The predicted octanol–water partition coefficient (Wildman–Crippen LogP) is -0.133. The van der Waals surface area contributed by atoms with E-state index in [9.17, 15) is 9.90 Å². The maximum atomic E-state index is 10.7. The van der Waals surface area contributed by atoms with Gasteiger partial charge < -0.3 is 20.4 Å². The third-order valence-corrected chi connectivity index (χ3v) is 1.30. The number of phenolic OH excluding ortho intramolecular Hbond substituents is 2. The Balaban J connectivity index is 0.00000144. The van der Waals surface area contributed by atoms with Crippen LogP contribution in [-0.2, 0) is 22.4 Å². The van der Waals surface area contributed by atoms with Crippen LogP contribution in [0.3, 0.4) is 0 Å². The molecule has 0 atom stereocenters. The smallest absolute Gasteiger partial charge is 0.867 e. The molecule has 0 saturated carbocycles. The van der Waals surface area contributed by atoms with Gasteiger partial charge in [0.05, 0.1) is 5.56 Å². The van der Waals surface area contributed by atoms with Crippen molar-refractivity contribution in [2.24, 2.45) is 0 Å². The third-order valence-electron chi connectivity index (χ3n) is 1.30. The van der Waals surface area contributed by atoms with E-state index < -0.39 is 23.2 Å². The molecule has 6 heteroatoms. The van der Waals surface area contributed by atoms with Gasteiger partial charge in [-0.1, -0.05) is 0 Å². The minimum Gasteiger partial charge on any atom is -0.867 e. The zero-order chi connectivity index (χ0) is 9.30. The number of hydrogen-bond acceptors (Lipinski definition) is 4. The van der Waals surface area contributed by atoms with E-state index in [1.807, 2.05) is 0 Å². The van der Waals surface area contributed by atoms with Gasteiger partial charge in [0.15, 0.2) is 0 Å². The van der Waals surface area contributed by atoms with E-state index in [2.05, 4.69) is 0 Å². The number of aromatic hydroxyl groups is 2. The van der Waals surface area contributed by atoms with Crippen LogP contribution in [-0.4, -0.2) is 21.3 Å². The van der Waals surface area contributed by atoms with E-state index in [4.69, 9.17) is 15.3 Å². The molecule has 0 aliphatic heterocycles. The van der Waals surface area contributed by atoms with Crippen LogP contribution in [0.4, 0.5) is 0 Å². The second kappa shape index (κ2) is 4.18. The summed E-state index contributed by atoms with van der Waals surface area (Å²) >= 11 is 0. The molecule has 74 valence electrons. The molecule has 3 N–H and O–H groups in total. The third kappa shape index (κ3) is 2.38. The number of hydrogen-bond donors (Lipinski definition) is 3. The average Bonchev–Trinajstić information content (AvgIpc) is 1.99. The standard InChI is InChI=1S/C7H6O5.Ag/c8-4-1-3(7(11)12)2-5(9)6(4)10;/h1-2,8-10H,(H,11,12);/q;+1/p-1. The first-order chi connectivity index (χ1) is 5.52. The van der Waals surface area contributed by atoms with Crippen molar-refractivity contribution in [1.82, 2.24) is 0 Å². The Morgan fingerprint density at radius 2 is 1.62 bits per heavy atom. The Morgan fingerprint density at radius 3 is 1.92 bits per heavy atom. The molecular formula is C7H5AgO5. The van der Waals surface area contributed by atoms with E-state index in [-0.39, 0.29) is 27.9 Å². The van der Waals surface area contributed by atoms with E-state index in [1.165, 1.54) is 0 Å². The number of rotatable bonds is 1. The predicted molar refractivity (Wildman–Crippen MR) is 36.2 cm³/mol. The van der Waals surface area contributed by atoms with Gasteiger partial charge >= 0.3 is 28.3 Å². The zero-order valence-corrected chi connectivity index (χ0v) is 7.60. The van der Waals surface area contributed by atoms with Gasteiger partial charge in [0, 0.05) is 0 Å². The summed E-state index contributed by atoms with van der Waals surface area (Å²) in [5.74, 6) is -3.83. The second-order valence-electron chi connectivity index (χ2n) is 2.15. The molecule has 5 nitrogen and oxygen atoms in total. The van der Waals surface area contributed by atoms with Gasteiger partial charge in [0.1, 0.15) is 11.5 Å². The normalized spacial score (nSPS) is 8.92. The summed E-state index contributed by atoms with van der Waals surface area (Å²) in [4.78, 5) is 10.3. The van der Waals surface area contributed by atoms with E-state index in [0.29, 0.717) is 0 Å². The van der Waals surface area contributed by atoms with Crippen molar-refractivity contribution in [2.75, 3.05) is 0 Å². The fourth-order valence-electron chi connectivity index (χ4n) is 0.722. The van der Waals surface area contributed by atoms with Crippen molar-refractivity contribution in [1.29, 1.82) is 0 Å². The topological polar surface area (TPSA) is 101 Å². The van der Waals surface area contributed by atoms with Crippen LogP contribution in [0.1, 0.15) is 10.4 Å². The van der Waals surface area contributed by atoms with Gasteiger partial charge in [-0.15, -0.1) is 0 Å². The molecule has 0 aliphatic rings. The van der Waals surface area contributed by atoms with Crippen LogP contribution < -0.4 is 5.11 Å². The summed E-state index contributed by atoms with van der Waals surface area (Å²) in [6, 6.07) is 1.56. The van der Waals surface area contributed by atoms with Crippen LogP contribution in [0.15, 0.2) is 12.1 Å². The number of benzene rings is 1. The summed E-state index contributed by atoms with van der Waals surface area (Å²) in [6.45, 7) is 0. The maximum Gasteiger partial charge on any atom is 1.00 e. The summed E-state index contributed by atoms with van der Waals surface area (Å²) in [7, 11) is 0. The molecule has 0 aliphatic carbocycles. The van der Waals surface area contributed by atoms with E-state index in [0.717, 1.165) is 12.1 Å². The summed E-state index contributed by atoms with van der Waals surface area (Å²) in [6.07, 6.45) is 0. The molecule has 0 amide bonds. The van der Waals surface area contributed by atoms with Crippen LogP contribution in [0, 0.1) is 0 Å². The Hall–Kier alpha value is -1.17. The molecule has 1 aromatic rings. The van der Waals surface area contributed by atoms with Crippen LogP contribution in [0.25, 0.3) is 0 Å². The number of aromatic carboxylic acids is 1. The van der Waals surface area contributed by atoms with Gasteiger partial charge in [0.2, 0.25) is 0 Å². The van der Waals surface area contributed by atoms with Crippen LogP contribution >= 0.6 is 0 Å². The molecule has 13 heavy (non-hydrogen) atoms. The Kier molecular flexibility index (Phi) is 3.80. The molecular weight excluding hydrogens is 272 g/mol. The quantitative estimate of drug-likeness (QED) is 0.620. The molecule has 0 spiro atoms.